The second kappa shape index (κ2) is 6.91. The number of halogens is 2. The Bertz CT molecular complexity index is 1030. The molecule has 6 nitrogen and oxygen atoms in total. The van der Waals surface area contributed by atoms with Crippen LogP contribution in [-0.4, -0.2) is 17.7 Å². The third-order valence-corrected chi connectivity index (χ3v) is 5.17. The minimum absolute atomic E-state index is 0.0179. The number of aryl methyl sites for hydroxylation is 1. The van der Waals surface area contributed by atoms with Gasteiger partial charge in [0.1, 0.15) is 5.82 Å². The van der Waals surface area contributed by atoms with Gasteiger partial charge in [0.25, 0.3) is 17.7 Å². The molecule has 2 aliphatic rings. The van der Waals surface area contributed by atoms with E-state index in [1.807, 2.05) is 0 Å². The van der Waals surface area contributed by atoms with Gasteiger partial charge in [0.2, 0.25) is 0 Å². The average Bonchev–Trinajstić information content (AvgIpc) is 3.21. The van der Waals surface area contributed by atoms with E-state index >= 15 is 0 Å². The molecule has 0 saturated heterocycles. The molecule has 28 heavy (non-hydrogen) atoms. The number of hydrogen-bond acceptors (Lipinski definition) is 4. The van der Waals surface area contributed by atoms with Crippen LogP contribution in [0.25, 0.3) is 0 Å². The largest absolute Gasteiger partial charge is 0.440 e. The lowest BCUT2D eigenvalue weighted by molar-refractivity contribution is -0.120. The summed E-state index contributed by atoms with van der Waals surface area (Å²) in [4.78, 5) is 38.4. The summed E-state index contributed by atoms with van der Waals surface area (Å²) in [5.41, 5.74) is 1.56. The summed E-state index contributed by atoms with van der Waals surface area (Å²) in [5, 5.41) is 2.60. The highest BCUT2D eigenvalue weighted by Gasteiger charge is 2.40. The van der Waals surface area contributed by atoms with Crippen LogP contribution >= 0.6 is 11.6 Å². The molecule has 0 radical (unpaired) electrons. The van der Waals surface area contributed by atoms with Gasteiger partial charge in [0.15, 0.2) is 11.0 Å². The van der Waals surface area contributed by atoms with Gasteiger partial charge in [-0.05, 0) is 74.0 Å². The maximum atomic E-state index is 14.8. The second-order valence-corrected chi connectivity index (χ2v) is 7.16. The van der Waals surface area contributed by atoms with Gasteiger partial charge in [-0.2, -0.15) is 0 Å². The van der Waals surface area contributed by atoms with Crippen molar-refractivity contribution < 1.29 is 23.2 Å². The number of benzene rings is 1. The highest BCUT2D eigenvalue weighted by molar-refractivity contribution is 6.33. The number of anilines is 2. The molecule has 1 aliphatic carbocycles. The van der Waals surface area contributed by atoms with Gasteiger partial charge in [0, 0.05) is 16.8 Å². The minimum atomic E-state index is -0.778. The lowest BCUT2D eigenvalue weighted by Gasteiger charge is -2.18. The Morgan fingerprint density at radius 3 is 2.36 bits per heavy atom. The summed E-state index contributed by atoms with van der Waals surface area (Å²) in [6.07, 6.45) is 2.76. The second-order valence-electron chi connectivity index (χ2n) is 6.79. The number of nitrogens with one attached hydrogen (secondary N) is 1. The van der Waals surface area contributed by atoms with Crippen molar-refractivity contribution in [1.82, 2.24) is 0 Å². The van der Waals surface area contributed by atoms with Crippen LogP contribution in [0, 0.1) is 12.7 Å². The number of rotatable bonds is 3. The van der Waals surface area contributed by atoms with Crippen LogP contribution in [0.2, 0.25) is 5.22 Å². The predicted molar refractivity (Wildman–Crippen MR) is 101 cm³/mol. The molecular formula is C20H16ClFN2O4. The van der Waals surface area contributed by atoms with Gasteiger partial charge in [-0.15, -0.1) is 0 Å². The van der Waals surface area contributed by atoms with E-state index in [2.05, 4.69) is 5.32 Å². The van der Waals surface area contributed by atoms with E-state index in [0.717, 1.165) is 23.8 Å². The Morgan fingerprint density at radius 1 is 1.14 bits per heavy atom. The molecule has 0 saturated carbocycles. The van der Waals surface area contributed by atoms with Gasteiger partial charge >= 0.3 is 0 Å². The molecule has 144 valence electrons. The topological polar surface area (TPSA) is 79.6 Å². The van der Waals surface area contributed by atoms with E-state index in [1.165, 1.54) is 18.2 Å². The lowest BCUT2D eigenvalue weighted by Crippen LogP contribution is -2.32. The quantitative estimate of drug-likeness (QED) is 0.773. The molecule has 2 aromatic rings. The van der Waals surface area contributed by atoms with Gasteiger partial charge < -0.3 is 9.73 Å². The van der Waals surface area contributed by atoms with E-state index in [-0.39, 0.29) is 22.4 Å². The fourth-order valence-corrected chi connectivity index (χ4v) is 3.70. The van der Waals surface area contributed by atoms with Crippen molar-refractivity contribution in [3.8, 4) is 0 Å². The molecule has 8 heteroatoms. The Morgan fingerprint density at radius 2 is 1.79 bits per heavy atom. The van der Waals surface area contributed by atoms with Gasteiger partial charge in [-0.3, -0.25) is 14.4 Å². The maximum absolute atomic E-state index is 14.8. The Labute approximate surface area is 164 Å². The Balaban J connectivity index is 1.62. The summed E-state index contributed by atoms with van der Waals surface area (Å²) in [6.45, 7) is 1.64. The first-order chi connectivity index (χ1) is 13.4. The molecule has 0 fully saturated rings. The van der Waals surface area contributed by atoms with E-state index in [1.54, 1.807) is 6.92 Å². The molecule has 1 aromatic carbocycles. The van der Waals surface area contributed by atoms with Crippen LogP contribution in [0.1, 0.15) is 41.8 Å². The lowest BCUT2D eigenvalue weighted by atomic mass is 9.93. The van der Waals surface area contributed by atoms with Gasteiger partial charge in [-0.1, -0.05) is 0 Å². The fourth-order valence-electron chi connectivity index (χ4n) is 3.55. The smallest absolute Gasteiger partial charge is 0.291 e. The summed E-state index contributed by atoms with van der Waals surface area (Å²) >= 11 is 5.66. The van der Waals surface area contributed by atoms with Crippen molar-refractivity contribution in [3.63, 3.8) is 0 Å². The van der Waals surface area contributed by atoms with Crippen molar-refractivity contribution >= 4 is 40.7 Å². The average molecular weight is 403 g/mol. The van der Waals surface area contributed by atoms with Crippen molar-refractivity contribution in [1.29, 1.82) is 0 Å². The number of nitrogens with zero attached hydrogens (tertiary/aromatic N) is 1. The monoisotopic (exact) mass is 402 g/mol. The summed E-state index contributed by atoms with van der Waals surface area (Å²) < 4.78 is 19.8. The van der Waals surface area contributed by atoms with Gasteiger partial charge in [0.05, 0.1) is 5.69 Å². The van der Waals surface area contributed by atoms with Crippen LogP contribution in [0.15, 0.2) is 39.8 Å². The Kier molecular flexibility index (Phi) is 4.55. The molecule has 3 amide bonds. The molecular weight excluding hydrogens is 387 g/mol. The maximum Gasteiger partial charge on any atom is 0.291 e. The number of amides is 3. The molecule has 0 unspecified atom stereocenters. The number of carbonyl (C=O) groups is 3. The van der Waals surface area contributed by atoms with Crippen molar-refractivity contribution in [3.05, 3.63) is 57.8 Å². The highest BCUT2D eigenvalue weighted by Crippen LogP contribution is 2.37. The van der Waals surface area contributed by atoms with Crippen molar-refractivity contribution in [2.45, 2.75) is 32.6 Å². The third kappa shape index (κ3) is 3.01. The molecule has 1 aromatic heterocycles. The zero-order chi connectivity index (χ0) is 20.0. The SMILES string of the molecule is Cc1cc(N2C(=O)C3=C(CCCC3)C2=O)c(F)cc1NC(=O)c1ccc(Cl)o1. The zero-order valence-electron chi connectivity index (χ0n) is 15.0. The number of carbonyl (C=O) groups excluding carboxylic acids is 3. The van der Waals surface area contributed by atoms with E-state index in [4.69, 9.17) is 16.0 Å². The first-order valence-electron chi connectivity index (χ1n) is 8.84. The third-order valence-electron chi connectivity index (χ3n) is 4.97. The van der Waals surface area contributed by atoms with Crippen LogP contribution in [-0.2, 0) is 9.59 Å². The molecule has 0 spiro atoms. The summed E-state index contributed by atoms with van der Waals surface area (Å²) in [7, 11) is 0. The molecule has 4 rings (SSSR count). The normalized spacial score (nSPS) is 16.6. The van der Waals surface area contributed by atoms with E-state index < -0.39 is 23.5 Å². The first-order valence-corrected chi connectivity index (χ1v) is 9.22. The standard InChI is InChI=1S/C20H16ClFN2O4/c1-10-8-15(24-19(26)11-4-2-3-5-12(11)20(24)27)13(22)9-14(10)23-18(25)16-6-7-17(21)28-16/h6-9H,2-5H2,1H3,(H,23,25). The molecule has 2 heterocycles. The van der Waals surface area contributed by atoms with E-state index in [0.29, 0.717) is 29.6 Å². The minimum Gasteiger partial charge on any atom is -0.440 e. The Hall–Kier alpha value is -2.93. The van der Waals surface area contributed by atoms with E-state index in [9.17, 15) is 18.8 Å². The fraction of sp³-hybridized carbons (Fsp3) is 0.250. The number of imide groups is 1. The summed E-state index contributed by atoms with van der Waals surface area (Å²) in [5.74, 6) is -2.30. The molecule has 1 N–H and O–H groups in total. The van der Waals surface area contributed by atoms with Crippen molar-refractivity contribution in [2.24, 2.45) is 0 Å². The predicted octanol–water partition coefficient (Wildman–Crippen LogP) is 4.38. The highest BCUT2D eigenvalue weighted by atomic mass is 35.5. The summed E-state index contributed by atoms with van der Waals surface area (Å²) in [6, 6.07) is 5.29. The first kappa shape index (κ1) is 18.4. The number of hydrogen-bond donors (Lipinski definition) is 1. The van der Waals surface area contributed by atoms with Crippen molar-refractivity contribution in [2.75, 3.05) is 10.2 Å². The molecule has 1 aliphatic heterocycles. The van der Waals surface area contributed by atoms with Crippen LogP contribution in [0.3, 0.4) is 0 Å². The van der Waals surface area contributed by atoms with Crippen LogP contribution in [0.4, 0.5) is 15.8 Å². The number of furan rings is 1. The van der Waals surface area contributed by atoms with Gasteiger partial charge in [-0.25, -0.2) is 9.29 Å². The zero-order valence-corrected chi connectivity index (χ0v) is 15.7. The van der Waals surface area contributed by atoms with Crippen LogP contribution < -0.4 is 10.2 Å². The van der Waals surface area contributed by atoms with Crippen LogP contribution in [0.5, 0.6) is 0 Å². The molecule has 0 bridgehead atoms. The molecule has 0 atom stereocenters.